The van der Waals surface area contributed by atoms with Crippen molar-refractivity contribution >= 4 is 27.0 Å². The van der Waals surface area contributed by atoms with E-state index in [2.05, 4.69) is 21.9 Å². The number of thiophene rings is 1. The molecule has 0 aliphatic heterocycles. The van der Waals surface area contributed by atoms with Crippen LogP contribution in [0.3, 0.4) is 0 Å². The van der Waals surface area contributed by atoms with Crippen molar-refractivity contribution in [2.24, 2.45) is 0 Å². The van der Waals surface area contributed by atoms with Crippen molar-refractivity contribution in [3.05, 3.63) is 70.4 Å². The number of hydrogen-bond acceptors (Lipinski definition) is 7. The quantitative estimate of drug-likeness (QED) is 0.240. The molecule has 0 unspecified atom stereocenters. The molecule has 1 aromatic carbocycles. The van der Waals surface area contributed by atoms with Crippen LogP contribution < -0.4 is 0 Å². The summed E-state index contributed by atoms with van der Waals surface area (Å²) in [4.78, 5) is 4.57. The highest BCUT2D eigenvalue weighted by atomic mass is 32.2. The van der Waals surface area contributed by atoms with E-state index < -0.39 is 47.1 Å². The first-order valence-electron chi connectivity index (χ1n) is 11.1. The van der Waals surface area contributed by atoms with Crippen molar-refractivity contribution in [3.63, 3.8) is 0 Å². The van der Waals surface area contributed by atoms with Gasteiger partial charge in [-0.15, -0.1) is 11.3 Å². The smallest absolute Gasteiger partial charge is 0.395 e. The second-order valence-electron chi connectivity index (χ2n) is 7.96. The number of sulfonamides is 1. The Bertz CT molecular complexity index is 1630. The highest BCUT2D eigenvalue weighted by Crippen LogP contribution is 2.32. The molecule has 3 heterocycles. The molecule has 0 saturated carbocycles. The van der Waals surface area contributed by atoms with Gasteiger partial charge in [0.05, 0.1) is 29.3 Å². The fraction of sp³-hybridized carbons (Fsp3) is 0.250. The lowest BCUT2D eigenvalue weighted by molar-refractivity contribution is -0.137. The summed E-state index contributed by atoms with van der Waals surface area (Å²) in [5.74, 6) is 5.40. The maximum Gasteiger partial charge on any atom is 0.416 e. The summed E-state index contributed by atoms with van der Waals surface area (Å²) in [7, 11) is -3.98. The Morgan fingerprint density at radius 1 is 1.00 bits per heavy atom. The molecule has 0 bridgehead atoms. The van der Waals surface area contributed by atoms with Crippen LogP contribution >= 0.6 is 11.3 Å². The van der Waals surface area contributed by atoms with Gasteiger partial charge in [0.2, 0.25) is 0 Å². The number of halogens is 5. The lowest BCUT2D eigenvalue weighted by atomic mass is 10.1. The molecular formula is C24H19F5N4O4S2. The van der Waals surface area contributed by atoms with Crippen molar-refractivity contribution in [1.29, 1.82) is 0 Å². The first-order chi connectivity index (χ1) is 18.4. The minimum Gasteiger partial charge on any atom is -0.395 e. The third-order valence-electron chi connectivity index (χ3n) is 5.37. The number of aromatic nitrogens is 3. The van der Waals surface area contributed by atoms with Gasteiger partial charge in [-0.1, -0.05) is 12.1 Å². The van der Waals surface area contributed by atoms with Crippen LogP contribution in [-0.4, -0.2) is 63.8 Å². The maximum atomic E-state index is 13.8. The van der Waals surface area contributed by atoms with Gasteiger partial charge >= 0.3 is 6.18 Å². The zero-order valence-corrected chi connectivity index (χ0v) is 21.4. The Morgan fingerprint density at radius 2 is 1.67 bits per heavy atom. The molecule has 0 aliphatic rings. The molecule has 4 aromatic rings. The minimum atomic E-state index is -4.55. The summed E-state index contributed by atoms with van der Waals surface area (Å²) in [6, 6.07) is 9.06. The van der Waals surface area contributed by atoms with Gasteiger partial charge < -0.3 is 10.2 Å². The predicted molar refractivity (Wildman–Crippen MR) is 132 cm³/mol. The molecule has 0 aliphatic carbocycles. The van der Waals surface area contributed by atoms with E-state index in [1.54, 1.807) is 0 Å². The summed E-state index contributed by atoms with van der Waals surface area (Å²) in [5, 5.41) is 22.3. The van der Waals surface area contributed by atoms with Crippen molar-refractivity contribution in [3.8, 4) is 23.1 Å². The maximum absolute atomic E-state index is 13.8. The number of fused-ring (bicyclic) bond motifs is 1. The molecule has 3 aromatic heterocycles. The van der Waals surface area contributed by atoms with Crippen LogP contribution in [0.25, 0.3) is 16.9 Å². The van der Waals surface area contributed by atoms with Gasteiger partial charge in [-0.25, -0.2) is 26.7 Å². The molecule has 0 radical (unpaired) electrons. The number of aliphatic hydroxyl groups is 2. The number of benzene rings is 1. The van der Waals surface area contributed by atoms with E-state index in [1.165, 1.54) is 18.2 Å². The second kappa shape index (κ2) is 11.4. The average Bonchev–Trinajstić information content (AvgIpc) is 3.53. The second-order valence-corrected chi connectivity index (χ2v) is 11.2. The van der Waals surface area contributed by atoms with Crippen molar-refractivity contribution in [1.82, 2.24) is 18.9 Å². The monoisotopic (exact) mass is 586 g/mol. The predicted octanol–water partition coefficient (Wildman–Crippen LogP) is 3.79. The molecule has 0 saturated heterocycles. The van der Waals surface area contributed by atoms with Crippen molar-refractivity contribution in [2.75, 3.05) is 26.3 Å². The van der Waals surface area contributed by atoms with Crippen LogP contribution in [-0.2, 0) is 16.2 Å². The molecule has 0 spiro atoms. The Labute approximate surface area is 223 Å². The van der Waals surface area contributed by atoms with Crippen LogP contribution in [0.1, 0.15) is 28.3 Å². The van der Waals surface area contributed by atoms with Gasteiger partial charge in [0.25, 0.3) is 16.4 Å². The van der Waals surface area contributed by atoms with Crippen molar-refractivity contribution < 1.29 is 40.6 Å². The standard InChI is InChI=1S/C24H19F5N4O4S2/c25-23(26)20-14-19(15-1-3-16(4-2-15)24(27,28)29)30-21-13-17(31-33(20)21)5-6-18-7-8-22(38-18)39(36,37)32(9-11-34)10-12-35/h1-4,7-8,13-14,23,34-35H,9-12H2. The molecule has 8 nitrogen and oxygen atoms in total. The largest absolute Gasteiger partial charge is 0.416 e. The van der Waals surface area contributed by atoms with Crippen LogP contribution in [0, 0.1) is 11.8 Å². The van der Waals surface area contributed by atoms with E-state index in [4.69, 9.17) is 10.2 Å². The molecule has 0 fully saturated rings. The van der Waals surface area contributed by atoms with E-state index in [9.17, 15) is 30.4 Å². The highest BCUT2D eigenvalue weighted by molar-refractivity contribution is 7.91. The Balaban J connectivity index is 1.66. The molecular weight excluding hydrogens is 567 g/mol. The third kappa shape index (κ3) is 6.26. The SMILES string of the molecule is O=S(=O)(c1ccc(C#Cc2cc3nc(-c4ccc(C(F)(F)F)cc4)cc(C(F)F)n3n2)s1)N(CCO)CCO. The minimum absolute atomic E-state index is 0.00917. The Hall–Kier alpha value is -3.42. The normalized spacial score (nSPS) is 12.3. The van der Waals surface area contributed by atoms with Crippen LogP contribution in [0.15, 0.2) is 52.7 Å². The summed E-state index contributed by atoms with van der Waals surface area (Å²) in [5.41, 5.74) is -1.17. The zero-order valence-electron chi connectivity index (χ0n) is 19.7. The summed E-state index contributed by atoms with van der Waals surface area (Å²) in [6.07, 6.45) is -7.52. The van der Waals surface area contributed by atoms with Gasteiger partial charge in [-0.05, 0) is 42.2 Å². The fourth-order valence-corrected chi connectivity index (χ4v) is 6.28. The first-order valence-corrected chi connectivity index (χ1v) is 13.4. The average molecular weight is 587 g/mol. The third-order valence-corrected chi connectivity index (χ3v) is 8.74. The topological polar surface area (TPSA) is 108 Å². The van der Waals surface area contributed by atoms with E-state index in [0.29, 0.717) is 4.88 Å². The molecule has 4 rings (SSSR count). The molecule has 2 N–H and O–H groups in total. The summed E-state index contributed by atoms with van der Waals surface area (Å²) >= 11 is 0.840. The van der Waals surface area contributed by atoms with E-state index >= 15 is 0 Å². The van der Waals surface area contributed by atoms with E-state index in [0.717, 1.165) is 50.5 Å². The van der Waals surface area contributed by atoms with Crippen LogP contribution in [0.2, 0.25) is 0 Å². The number of rotatable bonds is 8. The fourth-order valence-electron chi connectivity index (χ4n) is 3.55. The number of nitrogens with zero attached hydrogens (tertiary/aromatic N) is 4. The summed E-state index contributed by atoms with van der Waals surface area (Å²) < 4.78 is 93.5. The van der Waals surface area contributed by atoms with Gasteiger partial charge in [-0.2, -0.15) is 22.6 Å². The molecule has 15 heteroatoms. The lowest BCUT2D eigenvalue weighted by Gasteiger charge is -2.18. The Morgan fingerprint density at radius 3 is 2.26 bits per heavy atom. The van der Waals surface area contributed by atoms with E-state index in [-0.39, 0.29) is 39.9 Å². The van der Waals surface area contributed by atoms with Crippen molar-refractivity contribution in [2.45, 2.75) is 16.8 Å². The Kier molecular flexibility index (Phi) is 8.33. The molecule has 0 atom stereocenters. The van der Waals surface area contributed by atoms with Gasteiger partial charge in [0.1, 0.15) is 15.6 Å². The molecule has 206 valence electrons. The zero-order chi connectivity index (χ0) is 28.4. The first kappa shape index (κ1) is 28.6. The van der Waals surface area contributed by atoms with Crippen LogP contribution in [0.4, 0.5) is 22.0 Å². The molecule has 39 heavy (non-hydrogen) atoms. The highest BCUT2D eigenvalue weighted by Gasteiger charge is 2.30. The number of hydrogen-bond donors (Lipinski definition) is 2. The summed E-state index contributed by atoms with van der Waals surface area (Å²) in [6.45, 7) is -1.26. The van der Waals surface area contributed by atoms with E-state index in [1.807, 2.05) is 0 Å². The number of alkyl halides is 5. The van der Waals surface area contributed by atoms with Gasteiger partial charge in [0, 0.05) is 24.7 Å². The molecule has 0 amide bonds. The van der Waals surface area contributed by atoms with Crippen LogP contribution in [0.5, 0.6) is 0 Å². The lowest BCUT2D eigenvalue weighted by Crippen LogP contribution is -2.35. The number of aliphatic hydroxyl groups excluding tert-OH is 2. The van der Waals surface area contributed by atoms with Gasteiger partial charge in [0.15, 0.2) is 5.65 Å². The van der Waals surface area contributed by atoms with Gasteiger partial charge in [-0.3, -0.25) is 0 Å².